The second kappa shape index (κ2) is 4.86. The summed E-state index contributed by atoms with van der Waals surface area (Å²) >= 11 is 0. The van der Waals surface area contributed by atoms with Crippen LogP contribution in [0.4, 0.5) is 0 Å². The molecule has 2 aliphatic carbocycles. The van der Waals surface area contributed by atoms with Crippen molar-refractivity contribution in [2.75, 3.05) is 6.61 Å². The quantitative estimate of drug-likeness (QED) is 0.732. The topological polar surface area (TPSA) is 20.2 Å². The number of aliphatic hydroxyl groups excluding tert-OH is 1. The highest BCUT2D eigenvalue weighted by atomic mass is 16.3. The molecule has 1 heteroatoms. The molecular formula is C14H26O. The Bertz CT molecular complexity index is 188. The summed E-state index contributed by atoms with van der Waals surface area (Å²) in [6.07, 6.45) is 12.3. The second-order valence-corrected chi connectivity index (χ2v) is 5.88. The fourth-order valence-corrected chi connectivity index (χ4v) is 3.43. The van der Waals surface area contributed by atoms with Crippen molar-refractivity contribution in [1.29, 1.82) is 0 Å². The predicted octanol–water partition coefficient (Wildman–Crippen LogP) is 3.76. The Labute approximate surface area is 94.3 Å². The molecule has 1 N–H and O–H groups in total. The third-order valence-corrected chi connectivity index (χ3v) is 4.83. The van der Waals surface area contributed by atoms with Crippen LogP contribution in [0.3, 0.4) is 0 Å². The summed E-state index contributed by atoms with van der Waals surface area (Å²) in [5.41, 5.74) is 0.364. The van der Waals surface area contributed by atoms with Crippen LogP contribution in [0.25, 0.3) is 0 Å². The van der Waals surface area contributed by atoms with Gasteiger partial charge in [-0.3, -0.25) is 0 Å². The van der Waals surface area contributed by atoms with E-state index in [9.17, 15) is 5.11 Å². The minimum atomic E-state index is 0.364. The smallest absolute Gasteiger partial charge is 0.0490 e. The maximum Gasteiger partial charge on any atom is 0.0490 e. The minimum absolute atomic E-state index is 0.364. The molecule has 2 aliphatic rings. The van der Waals surface area contributed by atoms with Gasteiger partial charge in [-0.1, -0.05) is 26.2 Å². The highest BCUT2D eigenvalue weighted by molar-refractivity contribution is 4.96. The van der Waals surface area contributed by atoms with Gasteiger partial charge >= 0.3 is 0 Å². The second-order valence-electron chi connectivity index (χ2n) is 5.88. The van der Waals surface area contributed by atoms with Crippen LogP contribution in [0.15, 0.2) is 0 Å². The number of aliphatic hydroxyl groups is 1. The van der Waals surface area contributed by atoms with Gasteiger partial charge in [-0.05, 0) is 55.8 Å². The molecule has 0 aromatic carbocycles. The van der Waals surface area contributed by atoms with Crippen LogP contribution in [-0.4, -0.2) is 11.7 Å². The lowest BCUT2D eigenvalue weighted by Gasteiger charge is -2.39. The Hall–Kier alpha value is -0.0400. The summed E-state index contributed by atoms with van der Waals surface area (Å²) < 4.78 is 0. The largest absolute Gasteiger partial charge is 0.396 e. The van der Waals surface area contributed by atoms with Crippen molar-refractivity contribution in [3.05, 3.63) is 0 Å². The van der Waals surface area contributed by atoms with E-state index in [2.05, 4.69) is 6.92 Å². The van der Waals surface area contributed by atoms with Crippen LogP contribution >= 0.6 is 0 Å². The maximum atomic E-state index is 9.61. The zero-order valence-electron chi connectivity index (χ0n) is 10.2. The van der Waals surface area contributed by atoms with Gasteiger partial charge in [0.1, 0.15) is 0 Å². The molecule has 0 aromatic heterocycles. The van der Waals surface area contributed by atoms with Crippen molar-refractivity contribution in [2.45, 2.75) is 64.7 Å². The van der Waals surface area contributed by atoms with Crippen molar-refractivity contribution >= 4 is 0 Å². The molecule has 0 atom stereocenters. The van der Waals surface area contributed by atoms with Crippen molar-refractivity contribution < 1.29 is 5.11 Å². The van der Waals surface area contributed by atoms with Crippen LogP contribution < -0.4 is 0 Å². The SMILES string of the molecule is CCCCC1CCC(CO)(C2CC2)CC1. The Balaban J connectivity index is 1.79. The van der Waals surface area contributed by atoms with Gasteiger partial charge < -0.3 is 5.11 Å². The zero-order valence-corrected chi connectivity index (χ0v) is 10.2. The lowest BCUT2D eigenvalue weighted by atomic mass is 9.67. The summed E-state index contributed by atoms with van der Waals surface area (Å²) in [6, 6.07) is 0. The van der Waals surface area contributed by atoms with Gasteiger partial charge in [0.2, 0.25) is 0 Å². The molecule has 0 aromatic rings. The summed E-state index contributed by atoms with van der Waals surface area (Å²) in [7, 11) is 0. The normalized spacial score (nSPS) is 36.8. The number of rotatable bonds is 5. The van der Waals surface area contributed by atoms with E-state index < -0.39 is 0 Å². The first kappa shape index (κ1) is 11.4. The average molecular weight is 210 g/mol. The molecule has 0 aliphatic heterocycles. The molecule has 0 heterocycles. The first-order chi connectivity index (χ1) is 7.30. The van der Waals surface area contributed by atoms with Crippen LogP contribution in [0.1, 0.15) is 64.7 Å². The molecule has 0 amide bonds. The van der Waals surface area contributed by atoms with Crippen molar-refractivity contribution in [3.8, 4) is 0 Å². The van der Waals surface area contributed by atoms with E-state index >= 15 is 0 Å². The highest BCUT2D eigenvalue weighted by Crippen LogP contribution is 2.54. The first-order valence-electron chi connectivity index (χ1n) is 6.91. The lowest BCUT2D eigenvalue weighted by molar-refractivity contribution is 0.0419. The lowest BCUT2D eigenvalue weighted by Crippen LogP contribution is -2.33. The predicted molar refractivity (Wildman–Crippen MR) is 63.7 cm³/mol. The molecule has 0 bridgehead atoms. The van der Waals surface area contributed by atoms with Crippen LogP contribution in [0.5, 0.6) is 0 Å². The number of hydrogen-bond donors (Lipinski definition) is 1. The Kier molecular flexibility index (Phi) is 3.71. The number of hydrogen-bond acceptors (Lipinski definition) is 1. The number of unbranched alkanes of at least 4 members (excludes halogenated alkanes) is 1. The van der Waals surface area contributed by atoms with Gasteiger partial charge in [-0.25, -0.2) is 0 Å². The molecule has 0 unspecified atom stereocenters. The first-order valence-corrected chi connectivity index (χ1v) is 6.91. The van der Waals surface area contributed by atoms with E-state index in [1.807, 2.05) is 0 Å². The molecule has 2 fully saturated rings. The molecule has 0 spiro atoms. The van der Waals surface area contributed by atoms with E-state index in [-0.39, 0.29) is 0 Å². The van der Waals surface area contributed by atoms with E-state index in [0.29, 0.717) is 12.0 Å². The van der Waals surface area contributed by atoms with E-state index in [0.717, 1.165) is 11.8 Å². The Morgan fingerprint density at radius 1 is 1.13 bits per heavy atom. The Morgan fingerprint density at radius 3 is 2.27 bits per heavy atom. The third-order valence-electron chi connectivity index (χ3n) is 4.83. The molecule has 88 valence electrons. The summed E-state index contributed by atoms with van der Waals surface area (Å²) in [5.74, 6) is 1.86. The monoisotopic (exact) mass is 210 g/mol. The van der Waals surface area contributed by atoms with Gasteiger partial charge in [0, 0.05) is 6.61 Å². The molecule has 15 heavy (non-hydrogen) atoms. The third kappa shape index (κ3) is 2.55. The Morgan fingerprint density at radius 2 is 1.80 bits per heavy atom. The molecule has 0 radical (unpaired) electrons. The van der Waals surface area contributed by atoms with Crippen molar-refractivity contribution in [2.24, 2.45) is 17.3 Å². The van der Waals surface area contributed by atoms with Gasteiger partial charge in [0.05, 0.1) is 0 Å². The van der Waals surface area contributed by atoms with Gasteiger partial charge in [0.15, 0.2) is 0 Å². The summed E-state index contributed by atoms with van der Waals surface area (Å²) in [6.45, 7) is 2.74. The van der Waals surface area contributed by atoms with E-state index in [1.54, 1.807) is 0 Å². The van der Waals surface area contributed by atoms with Crippen molar-refractivity contribution in [1.82, 2.24) is 0 Å². The fraction of sp³-hybridized carbons (Fsp3) is 1.00. The summed E-state index contributed by atoms with van der Waals surface area (Å²) in [4.78, 5) is 0. The fourth-order valence-electron chi connectivity index (χ4n) is 3.43. The van der Waals surface area contributed by atoms with Gasteiger partial charge in [-0.15, -0.1) is 0 Å². The van der Waals surface area contributed by atoms with Crippen LogP contribution in [0.2, 0.25) is 0 Å². The molecule has 2 rings (SSSR count). The zero-order chi connectivity index (χ0) is 10.7. The molecule has 2 saturated carbocycles. The molecule has 0 saturated heterocycles. The van der Waals surface area contributed by atoms with E-state index in [1.165, 1.54) is 57.8 Å². The van der Waals surface area contributed by atoms with Gasteiger partial charge in [0.25, 0.3) is 0 Å². The highest BCUT2D eigenvalue weighted by Gasteiger charge is 2.46. The van der Waals surface area contributed by atoms with Gasteiger partial charge in [-0.2, -0.15) is 0 Å². The average Bonchev–Trinajstić information content (AvgIpc) is 3.11. The van der Waals surface area contributed by atoms with E-state index in [4.69, 9.17) is 0 Å². The van der Waals surface area contributed by atoms with Crippen molar-refractivity contribution in [3.63, 3.8) is 0 Å². The van der Waals surface area contributed by atoms with Crippen LogP contribution in [0, 0.1) is 17.3 Å². The minimum Gasteiger partial charge on any atom is -0.396 e. The van der Waals surface area contributed by atoms with Crippen LogP contribution in [-0.2, 0) is 0 Å². The molecule has 1 nitrogen and oxygen atoms in total. The summed E-state index contributed by atoms with van der Waals surface area (Å²) in [5, 5.41) is 9.61. The molecular weight excluding hydrogens is 184 g/mol. The standard InChI is InChI=1S/C14H26O/c1-2-3-4-12-7-9-14(11-15,10-8-12)13-5-6-13/h12-13,15H,2-11H2,1H3. The maximum absolute atomic E-state index is 9.61.